The second-order valence-corrected chi connectivity index (χ2v) is 9.04. The van der Waals surface area contributed by atoms with E-state index in [0.717, 1.165) is 63.1 Å². The lowest BCUT2D eigenvalue weighted by Gasteiger charge is -2.31. The number of phenolic OH excluding ortho intramolecular Hbond substituents is 1. The van der Waals surface area contributed by atoms with Crippen LogP contribution in [0.15, 0.2) is 66.7 Å². The molecule has 0 bridgehead atoms. The van der Waals surface area contributed by atoms with Crippen molar-refractivity contribution in [1.82, 2.24) is 0 Å². The van der Waals surface area contributed by atoms with Crippen LogP contribution in [0.3, 0.4) is 0 Å². The molecule has 4 aromatic carbocycles. The Morgan fingerprint density at radius 3 is 2.44 bits per heavy atom. The molecule has 0 saturated carbocycles. The molecular weight excluding hydrogens is 426 g/mol. The van der Waals surface area contributed by atoms with E-state index >= 15 is 0 Å². The molecule has 2 N–H and O–H groups in total. The summed E-state index contributed by atoms with van der Waals surface area (Å²) in [6.45, 7) is 4.98. The van der Waals surface area contributed by atoms with Crippen molar-refractivity contribution in [1.29, 1.82) is 0 Å². The summed E-state index contributed by atoms with van der Waals surface area (Å²) in [6, 6.07) is 21.7. The van der Waals surface area contributed by atoms with E-state index in [-0.39, 0.29) is 5.75 Å². The van der Waals surface area contributed by atoms with Gasteiger partial charge in [0.05, 0.1) is 20.3 Å². The van der Waals surface area contributed by atoms with Crippen LogP contribution in [0, 0.1) is 6.92 Å². The smallest absolute Gasteiger partial charge is 0.141 e. The van der Waals surface area contributed by atoms with Crippen LogP contribution in [-0.4, -0.2) is 43.6 Å². The van der Waals surface area contributed by atoms with Crippen molar-refractivity contribution in [3.8, 4) is 22.6 Å². The largest absolute Gasteiger partial charge is 0.507 e. The average Bonchev–Trinajstić information content (AvgIpc) is 3.13. The fraction of sp³-hybridized carbons (Fsp3) is 0.241. The molecule has 1 aliphatic carbocycles. The zero-order chi connectivity index (χ0) is 23.4. The summed E-state index contributed by atoms with van der Waals surface area (Å²) in [5, 5.41) is 25.3. The SMILES string of the molecule is COc1ccc2c3c(cc(O)c2c1C)C(O)(c1ccccc1)c1cc(N2CCOCC2)ccc1-3. The van der Waals surface area contributed by atoms with Crippen molar-refractivity contribution in [2.24, 2.45) is 0 Å². The molecule has 1 heterocycles. The van der Waals surface area contributed by atoms with E-state index in [9.17, 15) is 10.2 Å². The Kier molecular flexibility index (Phi) is 4.80. The third-order valence-electron chi connectivity index (χ3n) is 7.33. The standard InChI is InChI=1S/C29H27NO4/c1-18-26(33-2)11-10-22-27(18)25(31)17-24-28(22)21-9-8-20(30-12-14-34-15-13-30)16-23(21)29(24,32)19-6-4-3-5-7-19/h3-11,16-17,31-32H,12-15H2,1-2H3. The molecule has 1 unspecified atom stereocenters. The van der Waals surface area contributed by atoms with Crippen LogP contribution >= 0.6 is 0 Å². The summed E-state index contributed by atoms with van der Waals surface area (Å²) in [6.07, 6.45) is 0. The van der Waals surface area contributed by atoms with E-state index in [1.807, 2.05) is 49.4 Å². The van der Waals surface area contributed by atoms with Gasteiger partial charge in [-0.05, 0) is 59.3 Å². The number of rotatable bonds is 3. The Morgan fingerprint density at radius 2 is 1.71 bits per heavy atom. The predicted octanol–water partition coefficient (Wildman–Crippen LogP) is 4.96. The maximum atomic E-state index is 12.5. The molecule has 1 saturated heterocycles. The number of aliphatic hydroxyl groups is 1. The Balaban J connectivity index is 1.67. The molecule has 0 amide bonds. The van der Waals surface area contributed by atoms with Crippen LogP contribution in [0.1, 0.15) is 22.3 Å². The number of nitrogens with zero attached hydrogens (tertiary/aromatic N) is 1. The molecule has 0 aromatic heterocycles. The highest BCUT2D eigenvalue weighted by molar-refractivity contribution is 6.07. The number of hydrogen-bond donors (Lipinski definition) is 2. The van der Waals surface area contributed by atoms with Gasteiger partial charge in [-0.25, -0.2) is 0 Å². The number of aromatic hydroxyl groups is 1. The lowest BCUT2D eigenvalue weighted by molar-refractivity contribution is 0.122. The molecule has 1 atom stereocenters. The van der Waals surface area contributed by atoms with Crippen LogP contribution in [0.25, 0.3) is 21.9 Å². The minimum atomic E-state index is -1.38. The fourth-order valence-electron chi connectivity index (χ4n) is 5.66. The molecule has 0 spiro atoms. The van der Waals surface area contributed by atoms with Crippen molar-refractivity contribution in [2.75, 3.05) is 38.3 Å². The fourth-order valence-corrected chi connectivity index (χ4v) is 5.66. The summed E-state index contributed by atoms with van der Waals surface area (Å²) in [4.78, 5) is 2.29. The quantitative estimate of drug-likeness (QED) is 0.459. The van der Waals surface area contributed by atoms with Crippen LogP contribution in [-0.2, 0) is 10.3 Å². The lowest BCUT2D eigenvalue weighted by Crippen LogP contribution is -2.36. The second-order valence-electron chi connectivity index (χ2n) is 9.04. The Hall–Kier alpha value is -3.54. The predicted molar refractivity (Wildman–Crippen MR) is 134 cm³/mol. The number of aryl methyl sites for hydroxylation is 1. The van der Waals surface area contributed by atoms with Crippen LogP contribution < -0.4 is 9.64 Å². The first kappa shape index (κ1) is 21.0. The van der Waals surface area contributed by atoms with Gasteiger partial charge in [-0.1, -0.05) is 36.4 Å². The van der Waals surface area contributed by atoms with Crippen LogP contribution in [0.5, 0.6) is 11.5 Å². The van der Waals surface area contributed by atoms with Crippen LogP contribution in [0.4, 0.5) is 5.69 Å². The van der Waals surface area contributed by atoms with Crippen molar-refractivity contribution >= 4 is 16.5 Å². The highest BCUT2D eigenvalue weighted by Crippen LogP contribution is 2.56. The van der Waals surface area contributed by atoms with Gasteiger partial charge in [-0.2, -0.15) is 0 Å². The first-order chi connectivity index (χ1) is 16.5. The molecule has 0 radical (unpaired) electrons. The topological polar surface area (TPSA) is 62.2 Å². The minimum absolute atomic E-state index is 0.140. The molecule has 172 valence electrons. The normalized spacial score (nSPS) is 19.2. The number of hydrogen-bond acceptors (Lipinski definition) is 5. The number of morpholine rings is 1. The maximum absolute atomic E-state index is 12.5. The first-order valence-corrected chi connectivity index (χ1v) is 11.6. The van der Waals surface area contributed by atoms with Gasteiger partial charge in [0.1, 0.15) is 17.1 Å². The number of ether oxygens (including phenoxy) is 2. The van der Waals surface area contributed by atoms with E-state index < -0.39 is 5.60 Å². The van der Waals surface area contributed by atoms with Gasteiger partial charge in [-0.15, -0.1) is 0 Å². The number of benzene rings is 4. The number of anilines is 1. The Morgan fingerprint density at radius 1 is 0.941 bits per heavy atom. The lowest BCUT2D eigenvalue weighted by atomic mass is 9.83. The van der Waals surface area contributed by atoms with Gasteiger partial charge in [0.2, 0.25) is 0 Å². The van der Waals surface area contributed by atoms with Gasteiger partial charge < -0.3 is 24.6 Å². The van der Waals surface area contributed by atoms with E-state index in [2.05, 4.69) is 23.1 Å². The summed E-state index contributed by atoms with van der Waals surface area (Å²) in [5.41, 5.74) is 4.80. The monoisotopic (exact) mass is 453 g/mol. The van der Waals surface area contributed by atoms with Crippen LogP contribution in [0.2, 0.25) is 0 Å². The molecule has 6 rings (SSSR count). The maximum Gasteiger partial charge on any atom is 0.141 e. The van der Waals surface area contributed by atoms with E-state index in [1.54, 1.807) is 13.2 Å². The number of phenols is 1. The first-order valence-electron chi connectivity index (χ1n) is 11.6. The summed E-state index contributed by atoms with van der Waals surface area (Å²) >= 11 is 0. The Labute approximate surface area is 198 Å². The summed E-state index contributed by atoms with van der Waals surface area (Å²) in [5.74, 6) is 0.864. The van der Waals surface area contributed by atoms with Gasteiger partial charge in [0, 0.05) is 40.9 Å². The molecule has 4 aromatic rings. The van der Waals surface area contributed by atoms with Gasteiger partial charge in [0.25, 0.3) is 0 Å². The minimum Gasteiger partial charge on any atom is -0.507 e. The number of methoxy groups -OCH3 is 1. The van der Waals surface area contributed by atoms with E-state index in [0.29, 0.717) is 18.8 Å². The van der Waals surface area contributed by atoms with Crippen molar-refractivity contribution < 1.29 is 19.7 Å². The van der Waals surface area contributed by atoms with E-state index in [1.165, 1.54) is 0 Å². The zero-order valence-electron chi connectivity index (χ0n) is 19.3. The van der Waals surface area contributed by atoms with Gasteiger partial charge in [-0.3, -0.25) is 0 Å². The molecule has 5 heteroatoms. The second kappa shape index (κ2) is 7.76. The van der Waals surface area contributed by atoms with Crippen molar-refractivity contribution in [3.05, 3.63) is 89.0 Å². The van der Waals surface area contributed by atoms with Gasteiger partial charge >= 0.3 is 0 Å². The molecule has 1 aliphatic heterocycles. The van der Waals surface area contributed by atoms with Gasteiger partial charge in [0.15, 0.2) is 0 Å². The zero-order valence-corrected chi connectivity index (χ0v) is 19.3. The highest BCUT2D eigenvalue weighted by atomic mass is 16.5. The molecule has 5 nitrogen and oxygen atoms in total. The number of fused-ring (bicyclic) bond motifs is 5. The molecule has 1 fully saturated rings. The van der Waals surface area contributed by atoms with Crippen molar-refractivity contribution in [2.45, 2.75) is 12.5 Å². The van der Waals surface area contributed by atoms with Crippen molar-refractivity contribution in [3.63, 3.8) is 0 Å². The third kappa shape index (κ3) is 2.87. The molecule has 34 heavy (non-hydrogen) atoms. The summed E-state index contributed by atoms with van der Waals surface area (Å²) < 4.78 is 11.1. The third-order valence-corrected chi connectivity index (χ3v) is 7.33. The Bertz CT molecular complexity index is 1410. The van der Waals surface area contributed by atoms with E-state index in [4.69, 9.17) is 9.47 Å². The molecule has 2 aliphatic rings. The summed E-state index contributed by atoms with van der Waals surface area (Å²) in [7, 11) is 1.63. The average molecular weight is 454 g/mol. The highest BCUT2D eigenvalue weighted by Gasteiger charge is 2.45. The molecular formula is C29H27NO4.